The maximum Gasteiger partial charge on any atom is 0.237 e. The molecule has 0 saturated carbocycles. The topological polar surface area (TPSA) is 61.4 Å². The average Bonchev–Trinajstić information content (AvgIpc) is 2.13. The summed E-state index contributed by atoms with van der Waals surface area (Å²) in [4.78, 5) is 11.7. The Morgan fingerprint density at radius 2 is 1.80 bits per heavy atom. The van der Waals surface area contributed by atoms with Crippen LogP contribution in [0.25, 0.3) is 0 Å². The molecule has 1 amide bonds. The van der Waals surface area contributed by atoms with Crippen LogP contribution in [-0.2, 0) is 4.79 Å². The quantitative estimate of drug-likeness (QED) is 0.606. The molecule has 0 aromatic heterocycles. The maximum atomic E-state index is 11.7. The van der Waals surface area contributed by atoms with Gasteiger partial charge in [-0.25, -0.2) is 0 Å². The number of amides is 1. The minimum Gasteiger partial charge on any atom is -0.391 e. The second-order valence-corrected chi connectivity index (χ2v) is 4.51. The summed E-state index contributed by atoms with van der Waals surface area (Å²) in [6.45, 7) is 7.62. The summed E-state index contributed by atoms with van der Waals surface area (Å²) in [5.41, 5.74) is 0. The van der Waals surface area contributed by atoms with Crippen LogP contribution in [0.4, 0.5) is 0 Å². The fourth-order valence-corrected chi connectivity index (χ4v) is 1.27. The molecule has 0 fully saturated rings. The Labute approximate surface area is 92.4 Å². The van der Waals surface area contributed by atoms with Crippen LogP contribution in [0, 0.1) is 5.92 Å². The van der Waals surface area contributed by atoms with E-state index in [1.165, 1.54) is 0 Å². The predicted octanol–water partition coefficient (Wildman–Crippen LogP) is 0.506. The maximum absolute atomic E-state index is 11.7. The standard InChI is InChI=1S/C11H24N2O2/c1-7(2)6-10(12-5)11(15)13-8(3)9(4)14/h7-10,12,14H,6H2,1-5H3,(H,13,15)/t8?,9-,10-/m1/s1. The van der Waals surface area contributed by atoms with E-state index in [0.29, 0.717) is 5.92 Å². The number of likely N-dealkylation sites (N-methyl/N-ethyl adjacent to an activating group) is 1. The Hall–Kier alpha value is -0.610. The Kier molecular flexibility index (Phi) is 6.52. The summed E-state index contributed by atoms with van der Waals surface area (Å²) in [6.07, 6.45) is 0.278. The number of nitrogens with one attached hydrogen (secondary N) is 2. The predicted molar refractivity (Wildman–Crippen MR) is 61.6 cm³/mol. The molecule has 0 aliphatic rings. The van der Waals surface area contributed by atoms with Crippen molar-refractivity contribution in [1.29, 1.82) is 0 Å². The lowest BCUT2D eigenvalue weighted by Gasteiger charge is -2.22. The fourth-order valence-electron chi connectivity index (χ4n) is 1.27. The van der Waals surface area contributed by atoms with Gasteiger partial charge in [-0.1, -0.05) is 13.8 Å². The molecule has 3 atom stereocenters. The lowest BCUT2D eigenvalue weighted by atomic mass is 10.0. The van der Waals surface area contributed by atoms with Crippen LogP contribution in [0.15, 0.2) is 0 Å². The van der Waals surface area contributed by atoms with Crippen LogP contribution in [0.3, 0.4) is 0 Å². The third-order valence-electron chi connectivity index (χ3n) is 2.47. The van der Waals surface area contributed by atoms with Crippen LogP contribution in [0.1, 0.15) is 34.1 Å². The monoisotopic (exact) mass is 216 g/mol. The van der Waals surface area contributed by atoms with E-state index in [-0.39, 0.29) is 18.0 Å². The summed E-state index contributed by atoms with van der Waals surface area (Å²) in [6, 6.07) is -0.383. The number of hydrogen-bond donors (Lipinski definition) is 3. The van der Waals surface area contributed by atoms with Crippen molar-refractivity contribution < 1.29 is 9.90 Å². The molecule has 4 nitrogen and oxygen atoms in total. The van der Waals surface area contributed by atoms with Crippen molar-refractivity contribution in [2.24, 2.45) is 5.92 Å². The van der Waals surface area contributed by atoms with Crippen molar-refractivity contribution in [1.82, 2.24) is 10.6 Å². The lowest BCUT2D eigenvalue weighted by molar-refractivity contribution is -0.124. The van der Waals surface area contributed by atoms with Gasteiger partial charge in [0.25, 0.3) is 0 Å². The molecule has 15 heavy (non-hydrogen) atoms. The Morgan fingerprint density at radius 1 is 1.27 bits per heavy atom. The molecule has 3 N–H and O–H groups in total. The molecule has 0 saturated heterocycles. The number of carbonyl (C=O) groups is 1. The summed E-state index contributed by atoms with van der Waals surface area (Å²) in [7, 11) is 1.78. The van der Waals surface area contributed by atoms with Gasteiger partial charge in [0.2, 0.25) is 5.91 Å². The molecule has 0 spiro atoms. The molecule has 0 rings (SSSR count). The first-order valence-corrected chi connectivity index (χ1v) is 5.54. The van der Waals surface area contributed by atoms with Crippen molar-refractivity contribution >= 4 is 5.91 Å². The molecule has 0 aromatic carbocycles. The van der Waals surface area contributed by atoms with Gasteiger partial charge in [0.05, 0.1) is 18.2 Å². The van der Waals surface area contributed by atoms with E-state index < -0.39 is 6.10 Å². The second kappa shape index (κ2) is 6.80. The first kappa shape index (κ1) is 14.4. The van der Waals surface area contributed by atoms with Crippen molar-refractivity contribution in [3.63, 3.8) is 0 Å². The van der Waals surface area contributed by atoms with Gasteiger partial charge in [-0.05, 0) is 33.2 Å². The van der Waals surface area contributed by atoms with E-state index in [1.807, 2.05) is 0 Å². The van der Waals surface area contributed by atoms with Crippen molar-refractivity contribution in [3.8, 4) is 0 Å². The van der Waals surface area contributed by atoms with E-state index in [1.54, 1.807) is 20.9 Å². The number of rotatable bonds is 6. The van der Waals surface area contributed by atoms with Crippen LogP contribution < -0.4 is 10.6 Å². The van der Waals surface area contributed by atoms with Crippen molar-refractivity contribution in [3.05, 3.63) is 0 Å². The van der Waals surface area contributed by atoms with Gasteiger partial charge in [-0.15, -0.1) is 0 Å². The first-order chi connectivity index (χ1) is 6.88. The number of aliphatic hydroxyl groups is 1. The normalized spacial score (nSPS) is 17.3. The number of carbonyl (C=O) groups excluding carboxylic acids is 1. The van der Waals surface area contributed by atoms with Gasteiger partial charge in [-0.3, -0.25) is 4.79 Å². The Balaban J connectivity index is 4.15. The van der Waals surface area contributed by atoms with E-state index in [2.05, 4.69) is 24.5 Å². The zero-order valence-corrected chi connectivity index (χ0v) is 10.4. The third kappa shape index (κ3) is 5.74. The van der Waals surface area contributed by atoms with Crippen LogP contribution in [-0.4, -0.2) is 36.2 Å². The van der Waals surface area contributed by atoms with Crippen LogP contribution >= 0.6 is 0 Å². The zero-order chi connectivity index (χ0) is 12.0. The van der Waals surface area contributed by atoms with E-state index in [0.717, 1.165) is 6.42 Å². The van der Waals surface area contributed by atoms with Crippen molar-refractivity contribution in [2.45, 2.75) is 52.3 Å². The average molecular weight is 216 g/mol. The largest absolute Gasteiger partial charge is 0.391 e. The second-order valence-electron chi connectivity index (χ2n) is 4.51. The zero-order valence-electron chi connectivity index (χ0n) is 10.4. The van der Waals surface area contributed by atoms with E-state index >= 15 is 0 Å². The fraction of sp³-hybridized carbons (Fsp3) is 0.909. The van der Waals surface area contributed by atoms with Gasteiger partial charge in [-0.2, -0.15) is 0 Å². The molecule has 0 heterocycles. The molecule has 4 heteroatoms. The molecular formula is C11H24N2O2. The van der Waals surface area contributed by atoms with Gasteiger partial charge < -0.3 is 15.7 Å². The highest BCUT2D eigenvalue weighted by molar-refractivity contribution is 5.82. The number of aliphatic hydroxyl groups excluding tert-OH is 1. The molecule has 90 valence electrons. The molecular weight excluding hydrogens is 192 g/mol. The van der Waals surface area contributed by atoms with Gasteiger partial charge >= 0.3 is 0 Å². The van der Waals surface area contributed by atoms with E-state index in [4.69, 9.17) is 0 Å². The molecule has 0 radical (unpaired) electrons. The first-order valence-electron chi connectivity index (χ1n) is 5.54. The smallest absolute Gasteiger partial charge is 0.237 e. The Morgan fingerprint density at radius 3 is 2.13 bits per heavy atom. The molecule has 0 bridgehead atoms. The minimum atomic E-state index is -0.523. The summed E-state index contributed by atoms with van der Waals surface area (Å²) >= 11 is 0. The summed E-state index contributed by atoms with van der Waals surface area (Å²) in [5, 5.41) is 15.0. The summed E-state index contributed by atoms with van der Waals surface area (Å²) in [5.74, 6) is 0.426. The van der Waals surface area contributed by atoms with Gasteiger partial charge in [0.1, 0.15) is 0 Å². The SMILES string of the molecule is CN[C@H](CC(C)C)C(=O)NC(C)[C@@H](C)O. The lowest BCUT2D eigenvalue weighted by Crippen LogP contribution is -2.49. The number of hydrogen-bond acceptors (Lipinski definition) is 3. The third-order valence-corrected chi connectivity index (χ3v) is 2.47. The molecule has 1 unspecified atom stereocenters. The van der Waals surface area contributed by atoms with E-state index in [9.17, 15) is 9.90 Å². The van der Waals surface area contributed by atoms with Gasteiger partial charge in [0.15, 0.2) is 0 Å². The molecule has 0 aromatic rings. The van der Waals surface area contributed by atoms with Crippen LogP contribution in [0.2, 0.25) is 0 Å². The Bertz CT molecular complexity index is 193. The molecule has 0 aliphatic carbocycles. The molecule has 0 aliphatic heterocycles. The highest BCUT2D eigenvalue weighted by Crippen LogP contribution is 2.05. The summed E-state index contributed by atoms with van der Waals surface area (Å²) < 4.78 is 0. The van der Waals surface area contributed by atoms with Crippen molar-refractivity contribution in [2.75, 3.05) is 7.05 Å². The highest BCUT2D eigenvalue weighted by atomic mass is 16.3. The highest BCUT2D eigenvalue weighted by Gasteiger charge is 2.20. The van der Waals surface area contributed by atoms with Gasteiger partial charge in [0, 0.05) is 0 Å². The van der Waals surface area contributed by atoms with Crippen LogP contribution in [0.5, 0.6) is 0 Å². The minimum absolute atomic E-state index is 0.0420.